The van der Waals surface area contributed by atoms with Crippen molar-refractivity contribution in [2.24, 2.45) is 35.3 Å². The molecule has 2 fully saturated rings. The molecule has 80 heavy (non-hydrogen) atoms. The maximum Gasteiger partial charge on any atom is 0.326 e. The first-order valence-corrected chi connectivity index (χ1v) is 29.4. The quantitative estimate of drug-likeness (QED) is 0.0473. The lowest BCUT2D eigenvalue weighted by atomic mass is 9.94. The van der Waals surface area contributed by atoms with E-state index in [1.807, 2.05) is 116 Å². The molecule has 2 aromatic carbocycles. The molecule has 2 aliphatic heterocycles. The highest BCUT2D eigenvalue weighted by atomic mass is 16.4. The van der Waals surface area contributed by atoms with Crippen molar-refractivity contribution in [2.75, 3.05) is 13.1 Å². The summed E-state index contributed by atoms with van der Waals surface area (Å²) in [7, 11) is 0. The first-order chi connectivity index (χ1) is 37.9. The number of hydrogen-bond donors (Lipinski definition) is 8. The molecule has 2 heterocycles. The van der Waals surface area contributed by atoms with Crippen molar-refractivity contribution in [1.29, 1.82) is 0 Å². The summed E-state index contributed by atoms with van der Waals surface area (Å²) in [6, 6.07) is 11.6. The Morgan fingerprint density at radius 3 is 1.56 bits per heavy atom. The van der Waals surface area contributed by atoms with Crippen LogP contribution in [0, 0.1) is 29.6 Å². The first-order valence-electron chi connectivity index (χ1n) is 29.4. The van der Waals surface area contributed by atoms with Crippen LogP contribution < -0.4 is 37.6 Å². The SMILES string of the molecule is CC[C@H](C)[C@H](N)C(=O)N[C@H](C(=O)N[C@@H](CC(C)C)C(=O)N[C@H](C(=O)N1CCC[C@H]1C(=O)N1CCC[C@H]1C(=O)N[C@H](CCC(=O)N[C@@H](CCC(=O)N[C@@H](CC(C)C)C(=O)O)Cc1ccccc1)Cc1ccccc1)C(C)C)[C@@H](C)CC. The minimum atomic E-state index is -1.10. The zero-order chi connectivity index (χ0) is 59.2. The number of carbonyl (C=O) groups excluding carboxylic acids is 8. The Morgan fingerprint density at radius 1 is 0.562 bits per heavy atom. The monoisotopic (exact) mass is 1110 g/mol. The van der Waals surface area contributed by atoms with Gasteiger partial charge in [0.25, 0.3) is 0 Å². The van der Waals surface area contributed by atoms with Crippen LogP contribution in [0.4, 0.5) is 0 Å². The Kier molecular flexibility index (Phi) is 27.1. The highest BCUT2D eigenvalue weighted by Gasteiger charge is 2.45. The van der Waals surface area contributed by atoms with Crippen LogP contribution in [0.1, 0.15) is 157 Å². The summed E-state index contributed by atoms with van der Waals surface area (Å²) in [6.07, 6.45) is 5.07. The topological polar surface area (TPSA) is 279 Å². The van der Waals surface area contributed by atoms with E-state index in [0.717, 1.165) is 11.1 Å². The number of nitrogens with one attached hydrogen (secondary N) is 6. The third-order valence-electron chi connectivity index (χ3n) is 15.7. The fourth-order valence-corrected chi connectivity index (χ4v) is 10.6. The molecule has 19 heteroatoms. The normalized spacial score (nSPS) is 18.7. The van der Waals surface area contributed by atoms with Gasteiger partial charge >= 0.3 is 5.97 Å². The number of carboxylic acid groups (broad SMARTS) is 1. The molecular formula is C61H95N9O10. The van der Waals surface area contributed by atoms with Crippen LogP contribution in [0.15, 0.2) is 60.7 Å². The van der Waals surface area contributed by atoms with E-state index in [9.17, 15) is 48.3 Å². The van der Waals surface area contributed by atoms with Gasteiger partial charge in [-0.3, -0.25) is 38.4 Å². The fourth-order valence-electron chi connectivity index (χ4n) is 10.6. The molecule has 0 unspecified atom stereocenters. The van der Waals surface area contributed by atoms with Crippen LogP contribution in [-0.4, -0.2) is 136 Å². The summed E-state index contributed by atoms with van der Waals surface area (Å²) in [5, 5.41) is 27.2. The Hall–Kier alpha value is -6.37. The van der Waals surface area contributed by atoms with E-state index < -0.39 is 95.8 Å². The van der Waals surface area contributed by atoms with Gasteiger partial charge in [0.15, 0.2) is 0 Å². The van der Waals surface area contributed by atoms with E-state index in [0.29, 0.717) is 57.9 Å². The average molecular weight is 1110 g/mol. The third-order valence-corrected chi connectivity index (χ3v) is 15.7. The molecule has 444 valence electrons. The van der Waals surface area contributed by atoms with Crippen molar-refractivity contribution in [2.45, 2.75) is 214 Å². The van der Waals surface area contributed by atoms with Crippen LogP contribution in [0.25, 0.3) is 0 Å². The van der Waals surface area contributed by atoms with E-state index in [4.69, 9.17) is 5.73 Å². The second kappa shape index (κ2) is 32.8. The summed E-state index contributed by atoms with van der Waals surface area (Å²) in [5.74, 6) is -5.27. The number of likely N-dealkylation sites (tertiary alicyclic amines) is 2. The predicted molar refractivity (Wildman–Crippen MR) is 308 cm³/mol. The van der Waals surface area contributed by atoms with Gasteiger partial charge < -0.3 is 52.5 Å². The van der Waals surface area contributed by atoms with Gasteiger partial charge in [0.05, 0.1) is 6.04 Å². The molecule has 0 spiro atoms. The van der Waals surface area contributed by atoms with Gasteiger partial charge in [-0.2, -0.15) is 0 Å². The molecule has 0 aromatic heterocycles. The Morgan fingerprint density at radius 2 is 1.05 bits per heavy atom. The van der Waals surface area contributed by atoms with Gasteiger partial charge in [0.2, 0.25) is 47.3 Å². The van der Waals surface area contributed by atoms with Gasteiger partial charge in [-0.25, -0.2) is 4.79 Å². The number of nitrogens with two attached hydrogens (primary N) is 1. The second-order valence-corrected chi connectivity index (χ2v) is 23.6. The fraction of sp³-hybridized carbons (Fsp3) is 0.656. The first kappa shape index (κ1) is 66.1. The van der Waals surface area contributed by atoms with Gasteiger partial charge in [-0.1, -0.05) is 143 Å². The van der Waals surface area contributed by atoms with E-state index in [1.165, 1.54) is 4.90 Å². The molecule has 0 aliphatic carbocycles. The number of hydrogen-bond acceptors (Lipinski definition) is 10. The predicted octanol–water partition coefficient (Wildman–Crippen LogP) is 5.18. The van der Waals surface area contributed by atoms with Crippen molar-refractivity contribution in [1.82, 2.24) is 41.7 Å². The second-order valence-electron chi connectivity index (χ2n) is 23.6. The standard InChI is InChI=1S/C61H95N9O10/c1-11-40(9)52(62)57(75)68-54(41(10)12-2)58(76)66-46(33-37(3)4)55(73)67-53(39(7)8)60(78)70-32-20-26-49(70)59(77)69-31-19-25-48(69)56(74)64-45(36-43-23-17-14-18-24-43)28-29-50(71)63-44(35-42-21-15-13-16-22-42)27-30-51(72)65-47(61(79)80)34-38(5)6/h13-18,21-24,37-41,44-49,52-54H,11-12,19-20,25-36,62H2,1-10H3,(H,63,71)(H,64,74)(H,65,72)(H,66,76)(H,67,73)(H,68,75)(H,79,80)/t40-,41-,44-,45+,46-,47-,48-,49-,52-,53-,54-/m0/s1. The number of nitrogens with zero attached hydrogens (tertiary/aromatic N) is 2. The van der Waals surface area contributed by atoms with E-state index in [1.54, 1.807) is 18.7 Å². The summed E-state index contributed by atoms with van der Waals surface area (Å²) >= 11 is 0. The molecule has 2 aliphatic rings. The van der Waals surface area contributed by atoms with Crippen molar-refractivity contribution in [3.63, 3.8) is 0 Å². The van der Waals surface area contributed by atoms with Crippen LogP contribution >= 0.6 is 0 Å². The lowest BCUT2D eigenvalue weighted by molar-refractivity contribution is -0.148. The van der Waals surface area contributed by atoms with Crippen LogP contribution in [0.3, 0.4) is 0 Å². The Bertz CT molecular complexity index is 2350. The van der Waals surface area contributed by atoms with Crippen molar-refractivity contribution in [3.05, 3.63) is 71.8 Å². The minimum absolute atomic E-state index is 0.00294. The highest BCUT2D eigenvalue weighted by molar-refractivity contribution is 5.97. The minimum Gasteiger partial charge on any atom is -0.480 e. The molecule has 11 atom stereocenters. The number of carbonyl (C=O) groups is 9. The van der Waals surface area contributed by atoms with E-state index >= 15 is 0 Å². The zero-order valence-electron chi connectivity index (χ0n) is 49.3. The smallest absolute Gasteiger partial charge is 0.326 e. The zero-order valence-corrected chi connectivity index (χ0v) is 49.3. The lowest BCUT2D eigenvalue weighted by Gasteiger charge is -2.35. The maximum absolute atomic E-state index is 14.7. The number of carboxylic acids is 1. The van der Waals surface area contributed by atoms with Crippen molar-refractivity contribution in [3.8, 4) is 0 Å². The van der Waals surface area contributed by atoms with Crippen LogP contribution in [0.2, 0.25) is 0 Å². The van der Waals surface area contributed by atoms with Gasteiger partial charge in [0, 0.05) is 38.0 Å². The Balaban J connectivity index is 1.46. The number of rotatable bonds is 32. The largest absolute Gasteiger partial charge is 0.480 e. The number of benzene rings is 2. The lowest BCUT2D eigenvalue weighted by Crippen LogP contribution is -2.61. The highest BCUT2D eigenvalue weighted by Crippen LogP contribution is 2.27. The molecule has 2 saturated heterocycles. The summed E-state index contributed by atoms with van der Waals surface area (Å²) in [5.41, 5.74) is 8.12. The summed E-state index contributed by atoms with van der Waals surface area (Å²) < 4.78 is 0. The molecule has 19 nitrogen and oxygen atoms in total. The van der Waals surface area contributed by atoms with Crippen LogP contribution in [-0.2, 0) is 56.0 Å². The molecule has 0 radical (unpaired) electrons. The molecule has 9 N–H and O–H groups in total. The van der Waals surface area contributed by atoms with E-state index in [-0.39, 0.29) is 86.5 Å². The molecule has 0 saturated carbocycles. The van der Waals surface area contributed by atoms with Crippen LogP contribution in [0.5, 0.6) is 0 Å². The maximum atomic E-state index is 14.7. The average Bonchev–Trinajstić information content (AvgIpc) is 4.16. The molecule has 4 rings (SSSR count). The number of aliphatic carboxylic acids is 1. The summed E-state index contributed by atoms with van der Waals surface area (Å²) in [4.78, 5) is 127. The number of amides is 8. The van der Waals surface area contributed by atoms with Crippen molar-refractivity contribution >= 4 is 53.2 Å². The van der Waals surface area contributed by atoms with Gasteiger partial charge in [0.1, 0.15) is 36.3 Å². The third kappa shape index (κ3) is 20.6. The molecular weight excluding hydrogens is 1020 g/mol. The molecule has 8 amide bonds. The van der Waals surface area contributed by atoms with Crippen molar-refractivity contribution < 1.29 is 48.3 Å². The van der Waals surface area contributed by atoms with Gasteiger partial charge in [-0.05, 0) is 105 Å². The Labute approximate surface area is 475 Å². The van der Waals surface area contributed by atoms with Gasteiger partial charge in [-0.15, -0.1) is 0 Å². The molecule has 0 bridgehead atoms. The van der Waals surface area contributed by atoms with E-state index in [2.05, 4.69) is 31.9 Å². The molecule has 2 aromatic rings. The summed E-state index contributed by atoms with van der Waals surface area (Å²) in [6.45, 7) is 19.3.